The second kappa shape index (κ2) is 9.22. The van der Waals surface area contributed by atoms with Crippen LogP contribution in [0.3, 0.4) is 0 Å². The van der Waals surface area contributed by atoms with Crippen LogP contribution in [0.15, 0.2) is 48.5 Å². The summed E-state index contributed by atoms with van der Waals surface area (Å²) in [6.07, 6.45) is 5.53. The number of carbonyl (C=O) groups excluding carboxylic acids is 3. The van der Waals surface area contributed by atoms with E-state index in [1.165, 1.54) is 12.8 Å². The van der Waals surface area contributed by atoms with Gasteiger partial charge in [0.25, 0.3) is 5.91 Å². The molecule has 2 aromatic carbocycles. The molecule has 3 amide bonds. The highest BCUT2D eigenvalue weighted by Gasteiger charge is 2.39. The summed E-state index contributed by atoms with van der Waals surface area (Å²) in [5.74, 6) is -0.192. The van der Waals surface area contributed by atoms with Crippen molar-refractivity contribution in [2.75, 3.05) is 11.9 Å². The SMILES string of the molecule is C[C@H](NC(=O)C1CC2CCCCC2N1)C(=O)N[C@@H]1C(=O)N(C)c2ccccc2-c2ccccc21. The molecule has 0 spiro atoms. The molecular weight excluding hydrogens is 428 g/mol. The van der Waals surface area contributed by atoms with Crippen molar-refractivity contribution in [3.8, 4) is 11.1 Å². The van der Waals surface area contributed by atoms with E-state index in [0.717, 1.165) is 41.6 Å². The van der Waals surface area contributed by atoms with Crippen molar-refractivity contribution in [2.45, 2.75) is 63.2 Å². The van der Waals surface area contributed by atoms with Gasteiger partial charge < -0.3 is 20.9 Å². The molecule has 1 aliphatic carbocycles. The van der Waals surface area contributed by atoms with Gasteiger partial charge in [0, 0.05) is 18.7 Å². The fraction of sp³-hybridized carbons (Fsp3) is 0.444. The van der Waals surface area contributed by atoms with Crippen LogP contribution in [-0.2, 0) is 14.4 Å². The predicted octanol–water partition coefficient (Wildman–Crippen LogP) is 2.91. The molecule has 1 saturated carbocycles. The zero-order valence-electron chi connectivity index (χ0n) is 19.7. The van der Waals surface area contributed by atoms with E-state index in [1.807, 2.05) is 48.5 Å². The fourth-order valence-corrected chi connectivity index (χ4v) is 5.74. The topological polar surface area (TPSA) is 90.5 Å². The minimum atomic E-state index is -0.840. The first kappa shape index (κ1) is 22.6. The third kappa shape index (κ3) is 4.09. The molecule has 0 bridgehead atoms. The van der Waals surface area contributed by atoms with Gasteiger partial charge in [0.05, 0.1) is 11.7 Å². The smallest absolute Gasteiger partial charge is 0.253 e. The molecule has 2 aliphatic heterocycles. The zero-order valence-corrected chi connectivity index (χ0v) is 19.7. The standard InChI is InChI=1S/C27H32N4O3/c1-16(28-26(33)22-15-17-9-3-7-13-21(17)29-22)25(32)30-24-20-12-5-4-10-18(20)19-11-6-8-14-23(19)31(2)27(24)34/h4-6,8,10-12,14,16-17,21-22,24,29H,3,7,9,13,15H2,1-2H3,(H,28,33)(H,30,32)/t16-,17?,21?,22?,24-/m0/s1. The number of carbonyl (C=O) groups is 3. The number of likely N-dealkylation sites (N-methyl/N-ethyl adjacent to an activating group) is 1. The molecule has 3 aliphatic rings. The third-order valence-electron chi connectivity index (χ3n) is 7.62. The molecule has 2 fully saturated rings. The summed E-state index contributed by atoms with van der Waals surface area (Å²) in [6.45, 7) is 1.67. The molecule has 7 nitrogen and oxygen atoms in total. The molecule has 5 atom stereocenters. The van der Waals surface area contributed by atoms with E-state index < -0.39 is 12.1 Å². The summed E-state index contributed by atoms with van der Waals surface area (Å²) >= 11 is 0. The fourth-order valence-electron chi connectivity index (χ4n) is 5.74. The van der Waals surface area contributed by atoms with Crippen LogP contribution in [0, 0.1) is 5.92 Å². The highest BCUT2D eigenvalue weighted by Crippen LogP contribution is 2.39. The molecule has 2 aromatic rings. The molecule has 5 rings (SSSR count). The molecule has 1 saturated heterocycles. The number of benzene rings is 2. The first-order chi connectivity index (χ1) is 16.4. The number of fused-ring (bicyclic) bond motifs is 4. The van der Waals surface area contributed by atoms with Crippen molar-refractivity contribution in [3.63, 3.8) is 0 Å². The Morgan fingerprint density at radius 2 is 1.74 bits per heavy atom. The minimum absolute atomic E-state index is 0.144. The third-order valence-corrected chi connectivity index (χ3v) is 7.62. The second-order valence-electron chi connectivity index (χ2n) is 9.78. The number of anilines is 1. The van der Waals surface area contributed by atoms with E-state index in [4.69, 9.17) is 0 Å². The summed E-state index contributed by atoms with van der Waals surface area (Å²) in [4.78, 5) is 41.0. The van der Waals surface area contributed by atoms with E-state index in [2.05, 4.69) is 16.0 Å². The lowest BCUT2D eigenvalue weighted by Crippen LogP contribution is -2.52. The van der Waals surface area contributed by atoms with Crippen molar-refractivity contribution in [1.82, 2.24) is 16.0 Å². The highest BCUT2D eigenvalue weighted by molar-refractivity contribution is 6.06. The average Bonchev–Trinajstić information content (AvgIpc) is 3.28. The van der Waals surface area contributed by atoms with Gasteiger partial charge in [-0.25, -0.2) is 0 Å². The van der Waals surface area contributed by atoms with E-state index in [1.54, 1.807) is 18.9 Å². The summed E-state index contributed by atoms with van der Waals surface area (Å²) in [6, 6.07) is 13.9. The lowest BCUT2D eigenvalue weighted by Gasteiger charge is -2.25. The van der Waals surface area contributed by atoms with Crippen molar-refractivity contribution in [2.24, 2.45) is 5.92 Å². The maximum atomic E-state index is 13.4. The van der Waals surface area contributed by atoms with E-state index in [-0.39, 0.29) is 23.8 Å². The van der Waals surface area contributed by atoms with Gasteiger partial charge in [-0.3, -0.25) is 14.4 Å². The van der Waals surface area contributed by atoms with Crippen LogP contribution < -0.4 is 20.9 Å². The number of nitrogens with one attached hydrogen (secondary N) is 3. The molecule has 3 N–H and O–H groups in total. The van der Waals surface area contributed by atoms with Gasteiger partial charge in [0.15, 0.2) is 0 Å². The number of para-hydroxylation sites is 1. The number of amides is 3. The van der Waals surface area contributed by atoms with Crippen molar-refractivity contribution < 1.29 is 14.4 Å². The quantitative estimate of drug-likeness (QED) is 0.654. The molecule has 0 radical (unpaired) electrons. The maximum absolute atomic E-state index is 13.4. The summed E-state index contributed by atoms with van der Waals surface area (Å²) in [5.41, 5.74) is 3.40. The van der Waals surface area contributed by atoms with Gasteiger partial charge in [0.1, 0.15) is 12.1 Å². The van der Waals surface area contributed by atoms with Crippen LogP contribution in [0.25, 0.3) is 11.1 Å². The Labute approximate surface area is 200 Å². The number of hydrogen-bond donors (Lipinski definition) is 3. The van der Waals surface area contributed by atoms with Crippen LogP contribution in [0.5, 0.6) is 0 Å². The number of hydrogen-bond acceptors (Lipinski definition) is 4. The molecule has 2 heterocycles. The van der Waals surface area contributed by atoms with Crippen LogP contribution >= 0.6 is 0 Å². The Bertz CT molecular complexity index is 1100. The summed E-state index contributed by atoms with van der Waals surface area (Å²) in [5, 5.41) is 9.23. The normalized spacial score (nSPS) is 26.5. The monoisotopic (exact) mass is 460 g/mol. The van der Waals surface area contributed by atoms with Crippen LogP contribution in [0.2, 0.25) is 0 Å². The van der Waals surface area contributed by atoms with Gasteiger partial charge in [-0.05, 0) is 49.3 Å². The van der Waals surface area contributed by atoms with Crippen LogP contribution in [0.1, 0.15) is 50.6 Å². The zero-order chi connectivity index (χ0) is 23.8. The van der Waals surface area contributed by atoms with Crippen molar-refractivity contribution in [3.05, 3.63) is 54.1 Å². The predicted molar refractivity (Wildman–Crippen MR) is 131 cm³/mol. The van der Waals surface area contributed by atoms with E-state index in [0.29, 0.717) is 12.0 Å². The van der Waals surface area contributed by atoms with Gasteiger partial charge in [-0.15, -0.1) is 0 Å². The first-order valence-corrected chi connectivity index (χ1v) is 12.3. The van der Waals surface area contributed by atoms with E-state index >= 15 is 0 Å². The maximum Gasteiger partial charge on any atom is 0.253 e. The van der Waals surface area contributed by atoms with Crippen molar-refractivity contribution >= 4 is 23.4 Å². The van der Waals surface area contributed by atoms with Gasteiger partial charge in [-0.2, -0.15) is 0 Å². The van der Waals surface area contributed by atoms with E-state index in [9.17, 15) is 14.4 Å². The first-order valence-electron chi connectivity index (χ1n) is 12.3. The molecular formula is C27H32N4O3. The Morgan fingerprint density at radius 1 is 1.03 bits per heavy atom. The van der Waals surface area contributed by atoms with Crippen molar-refractivity contribution in [1.29, 1.82) is 0 Å². The molecule has 3 unspecified atom stereocenters. The van der Waals surface area contributed by atoms with Gasteiger partial charge in [0.2, 0.25) is 11.8 Å². The second-order valence-corrected chi connectivity index (χ2v) is 9.78. The van der Waals surface area contributed by atoms with Gasteiger partial charge >= 0.3 is 0 Å². The Balaban J connectivity index is 1.31. The minimum Gasteiger partial charge on any atom is -0.343 e. The molecule has 0 aromatic heterocycles. The lowest BCUT2D eigenvalue weighted by atomic mass is 9.85. The number of rotatable bonds is 4. The molecule has 7 heteroatoms. The summed E-state index contributed by atoms with van der Waals surface area (Å²) in [7, 11) is 1.72. The lowest BCUT2D eigenvalue weighted by molar-refractivity contribution is -0.131. The average molecular weight is 461 g/mol. The van der Waals surface area contributed by atoms with Gasteiger partial charge in [-0.1, -0.05) is 55.3 Å². The largest absolute Gasteiger partial charge is 0.343 e. The Morgan fingerprint density at radius 3 is 2.53 bits per heavy atom. The summed E-state index contributed by atoms with van der Waals surface area (Å²) < 4.78 is 0. The molecule has 34 heavy (non-hydrogen) atoms. The van der Waals surface area contributed by atoms with Crippen LogP contribution in [0.4, 0.5) is 5.69 Å². The molecule has 178 valence electrons. The highest BCUT2D eigenvalue weighted by atomic mass is 16.2. The Kier molecular flexibility index (Phi) is 6.13. The number of nitrogens with zero attached hydrogens (tertiary/aromatic N) is 1. The Hall–Kier alpha value is -3.19. The van der Waals surface area contributed by atoms with Crippen LogP contribution in [-0.4, -0.2) is 42.9 Å².